The normalized spacial score (nSPS) is 11.4. The number of esters is 2. The zero-order chi connectivity index (χ0) is 22.9. The van der Waals surface area contributed by atoms with E-state index in [0.717, 1.165) is 5.52 Å². The Kier molecular flexibility index (Phi) is 5.35. The van der Waals surface area contributed by atoms with Crippen molar-refractivity contribution in [3.8, 4) is 5.69 Å². The first-order valence-electron chi connectivity index (χ1n) is 9.15. The molecule has 0 atom stereocenters. The first-order chi connectivity index (χ1) is 15.2. The Labute approximate surface area is 178 Å². The number of carbonyl (C=O) groups excluding carboxylic acids is 2. The van der Waals surface area contributed by atoms with Gasteiger partial charge >= 0.3 is 18.1 Å². The molecule has 0 spiro atoms. The third kappa shape index (κ3) is 4.29. The lowest BCUT2D eigenvalue weighted by Crippen LogP contribution is -2.28. The lowest BCUT2D eigenvalue weighted by Gasteiger charge is -2.14. The maximum Gasteiger partial charge on any atom is 0.491 e. The van der Waals surface area contributed by atoms with E-state index in [1.165, 1.54) is 42.5 Å². The van der Waals surface area contributed by atoms with Crippen molar-refractivity contribution in [2.75, 3.05) is 5.32 Å². The molecule has 4 aromatic rings. The van der Waals surface area contributed by atoms with Crippen LogP contribution in [-0.4, -0.2) is 27.7 Å². The highest BCUT2D eigenvalue weighted by molar-refractivity contribution is 6.03. The summed E-state index contributed by atoms with van der Waals surface area (Å²) < 4.78 is 56.5. The molecule has 10 heteroatoms. The van der Waals surface area contributed by atoms with E-state index in [1.54, 1.807) is 17.0 Å². The van der Waals surface area contributed by atoms with Crippen molar-refractivity contribution in [2.24, 2.45) is 0 Å². The molecule has 4 rings (SSSR count). The number of hydrogen-bond acceptors (Lipinski definition) is 5. The molecule has 3 aromatic carbocycles. The van der Waals surface area contributed by atoms with E-state index in [-0.39, 0.29) is 11.3 Å². The Morgan fingerprint density at radius 2 is 1.69 bits per heavy atom. The number of rotatable bonds is 4. The quantitative estimate of drug-likeness (QED) is 0.268. The summed E-state index contributed by atoms with van der Waals surface area (Å²) in [6, 6.07) is 16.5. The van der Waals surface area contributed by atoms with Crippen molar-refractivity contribution in [3.63, 3.8) is 0 Å². The Bertz CT molecular complexity index is 1310. The molecular weight excluding hydrogens is 430 g/mol. The minimum Gasteiger partial charge on any atom is -0.383 e. The highest BCUT2D eigenvalue weighted by atomic mass is 19.4. The second kappa shape index (κ2) is 8.14. The van der Waals surface area contributed by atoms with Crippen LogP contribution in [0.2, 0.25) is 0 Å². The number of anilines is 2. The SMILES string of the molecule is O=C(OC(=O)C(F)(F)F)c1ccc(-n2cnc3ccccc32)cc1Nc1ccc(F)cc1. The number of nitrogens with zero attached hydrogens (tertiary/aromatic N) is 2. The average molecular weight is 443 g/mol. The number of halogens is 4. The molecule has 0 aliphatic carbocycles. The molecule has 0 amide bonds. The minimum atomic E-state index is -5.32. The Morgan fingerprint density at radius 1 is 0.969 bits per heavy atom. The van der Waals surface area contributed by atoms with Gasteiger partial charge in [0, 0.05) is 11.4 Å². The Hall–Kier alpha value is -4.21. The fourth-order valence-corrected chi connectivity index (χ4v) is 3.01. The van der Waals surface area contributed by atoms with Gasteiger partial charge in [0.25, 0.3) is 0 Å². The Balaban J connectivity index is 1.76. The van der Waals surface area contributed by atoms with E-state index in [9.17, 15) is 27.2 Å². The molecule has 0 bridgehead atoms. The van der Waals surface area contributed by atoms with Crippen LogP contribution in [0.15, 0.2) is 73.1 Å². The number of para-hydroxylation sites is 2. The van der Waals surface area contributed by atoms with Gasteiger partial charge in [0.1, 0.15) is 12.1 Å². The van der Waals surface area contributed by atoms with Crippen molar-refractivity contribution in [3.05, 3.63) is 84.4 Å². The molecule has 1 aromatic heterocycles. The summed E-state index contributed by atoms with van der Waals surface area (Å²) >= 11 is 0. The van der Waals surface area contributed by atoms with Gasteiger partial charge in [0.2, 0.25) is 0 Å². The third-order valence-electron chi connectivity index (χ3n) is 4.49. The van der Waals surface area contributed by atoms with Crippen LogP contribution in [0.4, 0.5) is 28.9 Å². The van der Waals surface area contributed by atoms with Crippen LogP contribution in [0.25, 0.3) is 16.7 Å². The highest BCUT2D eigenvalue weighted by Crippen LogP contribution is 2.28. The van der Waals surface area contributed by atoms with E-state index in [4.69, 9.17) is 0 Å². The number of benzene rings is 3. The van der Waals surface area contributed by atoms with E-state index in [1.807, 2.05) is 18.2 Å². The summed E-state index contributed by atoms with van der Waals surface area (Å²) in [5.74, 6) is -4.61. The lowest BCUT2D eigenvalue weighted by molar-refractivity contribution is -0.193. The van der Waals surface area contributed by atoms with Gasteiger partial charge in [-0.25, -0.2) is 19.0 Å². The molecule has 6 nitrogen and oxygen atoms in total. The zero-order valence-electron chi connectivity index (χ0n) is 16.1. The second-order valence-corrected chi connectivity index (χ2v) is 6.64. The topological polar surface area (TPSA) is 73.2 Å². The van der Waals surface area contributed by atoms with Crippen molar-refractivity contribution in [2.45, 2.75) is 6.18 Å². The number of ether oxygens (including phenoxy) is 1. The van der Waals surface area contributed by atoms with Crippen LogP contribution in [0.1, 0.15) is 10.4 Å². The van der Waals surface area contributed by atoms with Crippen LogP contribution in [0, 0.1) is 5.82 Å². The molecule has 0 unspecified atom stereocenters. The first kappa shape index (κ1) is 21.0. The van der Waals surface area contributed by atoms with E-state index >= 15 is 0 Å². The number of alkyl halides is 3. The van der Waals surface area contributed by atoms with Crippen molar-refractivity contribution in [1.29, 1.82) is 0 Å². The minimum absolute atomic E-state index is 0.0480. The van der Waals surface area contributed by atoms with Crippen molar-refractivity contribution < 1.29 is 31.9 Å². The third-order valence-corrected chi connectivity index (χ3v) is 4.49. The summed E-state index contributed by atoms with van der Waals surface area (Å²) in [6.45, 7) is 0. The molecule has 1 heterocycles. The number of imidazole rings is 1. The number of carbonyl (C=O) groups is 2. The van der Waals surface area contributed by atoms with Gasteiger partial charge in [-0.05, 0) is 54.6 Å². The molecule has 0 aliphatic rings. The number of nitrogens with one attached hydrogen (secondary N) is 1. The number of hydrogen-bond donors (Lipinski definition) is 1. The summed E-state index contributed by atoms with van der Waals surface area (Å²) in [6.07, 6.45) is -3.78. The molecule has 0 fully saturated rings. The molecule has 0 saturated carbocycles. The second-order valence-electron chi connectivity index (χ2n) is 6.64. The average Bonchev–Trinajstić information content (AvgIpc) is 3.19. The van der Waals surface area contributed by atoms with Crippen molar-refractivity contribution in [1.82, 2.24) is 9.55 Å². The van der Waals surface area contributed by atoms with Crippen LogP contribution in [0.5, 0.6) is 0 Å². The predicted molar refractivity (Wildman–Crippen MR) is 107 cm³/mol. The predicted octanol–water partition coefficient (Wildman–Crippen LogP) is 5.15. The lowest BCUT2D eigenvalue weighted by atomic mass is 10.1. The van der Waals surface area contributed by atoms with E-state index in [0.29, 0.717) is 16.9 Å². The van der Waals surface area contributed by atoms with Crippen LogP contribution in [-0.2, 0) is 9.53 Å². The molecule has 0 aliphatic heterocycles. The molecule has 162 valence electrons. The number of aromatic nitrogens is 2. The van der Waals surface area contributed by atoms with E-state index in [2.05, 4.69) is 15.0 Å². The maximum atomic E-state index is 13.2. The first-order valence-corrected chi connectivity index (χ1v) is 9.15. The van der Waals surface area contributed by atoms with Crippen LogP contribution >= 0.6 is 0 Å². The smallest absolute Gasteiger partial charge is 0.383 e. The fourth-order valence-electron chi connectivity index (χ4n) is 3.01. The summed E-state index contributed by atoms with van der Waals surface area (Å²) in [5.41, 5.74) is 2.08. The van der Waals surface area contributed by atoms with Gasteiger partial charge in [-0.3, -0.25) is 4.57 Å². The van der Waals surface area contributed by atoms with E-state index < -0.39 is 23.9 Å². The van der Waals surface area contributed by atoms with Gasteiger partial charge in [0.15, 0.2) is 0 Å². The van der Waals surface area contributed by atoms with Crippen LogP contribution < -0.4 is 5.32 Å². The monoisotopic (exact) mass is 443 g/mol. The van der Waals surface area contributed by atoms with Crippen molar-refractivity contribution >= 4 is 34.3 Å². The van der Waals surface area contributed by atoms with Gasteiger partial charge in [-0.15, -0.1) is 0 Å². The summed E-state index contributed by atoms with van der Waals surface area (Å²) in [5, 5.41) is 2.85. The van der Waals surface area contributed by atoms with Gasteiger partial charge in [-0.1, -0.05) is 12.1 Å². The summed E-state index contributed by atoms with van der Waals surface area (Å²) in [4.78, 5) is 27.7. The van der Waals surface area contributed by atoms with Crippen LogP contribution in [0.3, 0.4) is 0 Å². The zero-order valence-corrected chi connectivity index (χ0v) is 16.1. The molecule has 0 radical (unpaired) electrons. The maximum absolute atomic E-state index is 13.2. The molecular formula is C22H13F4N3O3. The van der Waals surface area contributed by atoms with Gasteiger partial charge in [-0.2, -0.15) is 13.2 Å². The molecule has 32 heavy (non-hydrogen) atoms. The molecule has 1 N–H and O–H groups in total. The summed E-state index contributed by atoms with van der Waals surface area (Å²) in [7, 11) is 0. The Morgan fingerprint density at radius 3 is 2.41 bits per heavy atom. The van der Waals surface area contributed by atoms with Gasteiger partial charge in [0.05, 0.1) is 22.3 Å². The molecule has 0 saturated heterocycles. The largest absolute Gasteiger partial charge is 0.491 e. The fraction of sp³-hybridized carbons (Fsp3) is 0.0455. The standard InChI is InChI=1S/C22H13F4N3O3/c23-13-5-7-14(8-6-13)28-18-11-15(29-12-27-17-3-1-2-4-19(17)29)9-10-16(18)20(30)32-21(31)22(24,25)26/h1-12,28H. The van der Waals surface area contributed by atoms with Gasteiger partial charge < -0.3 is 10.1 Å². The number of fused-ring (bicyclic) bond motifs is 1. The highest BCUT2D eigenvalue weighted by Gasteiger charge is 2.42.